The van der Waals surface area contributed by atoms with Crippen molar-refractivity contribution >= 4 is 21.6 Å². The van der Waals surface area contributed by atoms with Crippen molar-refractivity contribution in [1.82, 2.24) is 4.72 Å². The van der Waals surface area contributed by atoms with Crippen molar-refractivity contribution in [3.05, 3.63) is 54.1 Å². The van der Waals surface area contributed by atoms with Gasteiger partial charge >= 0.3 is 6.36 Å². The Balaban J connectivity index is 2.17. The zero-order valence-corrected chi connectivity index (χ0v) is 14.4. The van der Waals surface area contributed by atoms with E-state index in [0.29, 0.717) is 0 Å². The van der Waals surface area contributed by atoms with Crippen LogP contribution < -0.4 is 14.8 Å². The van der Waals surface area contributed by atoms with Gasteiger partial charge in [0.15, 0.2) is 5.75 Å². The van der Waals surface area contributed by atoms with Crippen LogP contribution in [0.2, 0.25) is 0 Å². The number of para-hydroxylation sites is 2. The molecular weight excluding hydrogens is 385 g/mol. The van der Waals surface area contributed by atoms with Crippen LogP contribution in [0.5, 0.6) is 5.75 Å². The zero-order chi connectivity index (χ0) is 20.1. The number of benzene rings is 2. The second-order valence-corrected chi connectivity index (χ2v) is 6.82. The summed E-state index contributed by atoms with van der Waals surface area (Å²) in [6.45, 7) is -0.194. The summed E-state index contributed by atoms with van der Waals surface area (Å²) >= 11 is 0. The van der Waals surface area contributed by atoms with Crippen LogP contribution >= 0.6 is 0 Å². The van der Waals surface area contributed by atoms with Crippen LogP contribution in [0.1, 0.15) is 10.4 Å². The number of hydrogen-bond donors (Lipinski definition) is 2. The largest absolute Gasteiger partial charge is 0.573 e. The van der Waals surface area contributed by atoms with Gasteiger partial charge in [-0.25, -0.2) is 8.42 Å². The molecule has 0 unspecified atom stereocenters. The van der Waals surface area contributed by atoms with Crippen LogP contribution in [0, 0.1) is 12.3 Å². The Kier molecular flexibility index (Phi) is 6.09. The number of ether oxygens (including phenoxy) is 1. The van der Waals surface area contributed by atoms with Gasteiger partial charge in [0.05, 0.1) is 17.1 Å². The molecule has 27 heavy (non-hydrogen) atoms. The SMILES string of the molecule is C#CCNS(=O)(=O)c1ccc(C(=O)Nc2ccccc2OC(F)(F)F)cc1. The maximum absolute atomic E-state index is 12.4. The lowest BCUT2D eigenvalue weighted by molar-refractivity contribution is -0.274. The van der Waals surface area contributed by atoms with Crippen molar-refractivity contribution in [2.45, 2.75) is 11.3 Å². The average Bonchev–Trinajstić information content (AvgIpc) is 2.60. The molecule has 2 aromatic rings. The quantitative estimate of drug-likeness (QED) is 0.733. The summed E-state index contributed by atoms with van der Waals surface area (Å²) in [6, 6.07) is 9.81. The van der Waals surface area contributed by atoms with E-state index in [9.17, 15) is 26.4 Å². The molecule has 0 aliphatic rings. The van der Waals surface area contributed by atoms with Gasteiger partial charge in [-0.1, -0.05) is 18.1 Å². The van der Waals surface area contributed by atoms with Crippen LogP contribution in [0.4, 0.5) is 18.9 Å². The minimum absolute atomic E-state index is 0.0349. The average molecular weight is 398 g/mol. The van der Waals surface area contributed by atoms with Gasteiger partial charge in [-0.3, -0.25) is 4.79 Å². The van der Waals surface area contributed by atoms with Crippen molar-refractivity contribution in [3.8, 4) is 18.1 Å². The van der Waals surface area contributed by atoms with Crippen LogP contribution in [-0.4, -0.2) is 27.2 Å². The maximum Gasteiger partial charge on any atom is 0.573 e. The number of alkyl halides is 3. The highest BCUT2D eigenvalue weighted by Gasteiger charge is 2.32. The van der Waals surface area contributed by atoms with E-state index in [0.717, 1.165) is 6.07 Å². The molecule has 0 spiro atoms. The molecule has 0 aliphatic heterocycles. The van der Waals surface area contributed by atoms with Crippen LogP contribution in [-0.2, 0) is 10.0 Å². The van der Waals surface area contributed by atoms with Crippen LogP contribution in [0.15, 0.2) is 53.4 Å². The third-order valence-electron chi connectivity index (χ3n) is 3.15. The number of carbonyl (C=O) groups excluding carboxylic acids is 1. The smallest absolute Gasteiger partial charge is 0.404 e. The van der Waals surface area contributed by atoms with E-state index in [4.69, 9.17) is 6.42 Å². The van der Waals surface area contributed by atoms with Gasteiger partial charge in [-0.05, 0) is 36.4 Å². The summed E-state index contributed by atoms with van der Waals surface area (Å²) in [7, 11) is -3.82. The van der Waals surface area contributed by atoms with Gasteiger partial charge < -0.3 is 10.1 Å². The second kappa shape index (κ2) is 8.11. The molecule has 0 atom stereocenters. The fourth-order valence-electron chi connectivity index (χ4n) is 1.98. The molecule has 0 saturated heterocycles. The third kappa shape index (κ3) is 5.73. The Morgan fingerprint density at radius 3 is 2.33 bits per heavy atom. The van der Waals surface area contributed by atoms with E-state index in [2.05, 4.69) is 20.7 Å². The number of terminal acetylenes is 1. The van der Waals surface area contributed by atoms with E-state index >= 15 is 0 Å². The highest BCUT2D eigenvalue weighted by molar-refractivity contribution is 7.89. The van der Waals surface area contributed by atoms with E-state index < -0.39 is 28.0 Å². The number of amides is 1. The minimum atomic E-state index is -4.91. The maximum atomic E-state index is 12.4. The van der Waals surface area contributed by atoms with Gasteiger partial charge in [0.2, 0.25) is 10.0 Å². The molecule has 2 rings (SSSR count). The first-order valence-corrected chi connectivity index (χ1v) is 8.80. The number of hydrogen-bond acceptors (Lipinski definition) is 4. The fraction of sp³-hybridized carbons (Fsp3) is 0.118. The van der Waals surface area contributed by atoms with Crippen LogP contribution in [0.25, 0.3) is 0 Å². The predicted octanol–water partition coefficient (Wildman–Crippen LogP) is 2.75. The zero-order valence-electron chi connectivity index (χ0n) is 13.6. The molecule has 1 amide bonds. The van der Waals surface area contributed by atoms with Crippen molar-refractivity contribution in [2.24, 2.45) is 0 Å². The summed E-state index contributed by atoms with van der Waals surface area (Å²) in [6.07, 6.45) is 0.0765. The Morgan fingerprint density at radius 2 is 1.74 bits per heavy atom. The summed E-state index contributed by atoms with van der Waals surface area (Å²) in [5, 5.41) is 2.29. The summed E-state index contributed by atoms with van der Waals surface area (Å²) in [4.78, 5) is 12.1. The number of nitrogens with one attached hydrogen (secondary N) is 2. The minimum Gasteiger partial charge on any atom is -0.404 e. The predicted molar refractivity (Wildman–Crippen MR) is 91.5 cm³/mol. The fourth-order valence-corrected chi connectivity index (χ4v) is 2.92. The lowest BCUT2D eigenvalue weighted by atomic mass is 10.2. The number of carbonyl (C=O) groups is 1. The summed E-state index contributed by atoms with van der Waals surface area (Å²) < 4.78 is 67.1. The molecule has 0 fully saturated rings. The molecule has 0 radical (unpaired) electrons. The first-order chi connectivity index (χ1) is 12.6. The second-order valence-electron chi connectivity index (χ2n) is 5.05. The highest BCUT2D eigenvalue weighted by Crippen LogP contribution is 2.30. The first-order valence-electron chi connectivity index (χ1n) is 7.32. The van der Waals surface area contributed by atoms with Gasteiger partial charge in [0.1, 0.15) is 0 Å². The molecule has 2 aromatic carbocycles. The molecule has 6 nitrogen and oxygen atoms in total. The van der Waals surface area contributed by atoms with E-state index in [1.165, 1.54) is 42.5 Å². The Morgan fingerprint density at radius 1 is 1.11 bits per heavy atom. The van der Waals surface area contributed by atoms with E-state index in [1.807, 2.05) is 0 Å². The molecular formula is C17H13F3N2O4S. The van der Waals surface area contributed by atoms with Crippen molar-refractivity contribution in [2.75, 3.05) is 11.9 Å². The van der Waals surface area contributed by atoms with Gasteiger partial charge in [-0.15, -0.1) is 19.6 Å². The summed E-state index contributed by atoms with van der Waals surface area (Å²) in [5.41, 5.74) is -0.153. The molecule has 0 saturated carbocycles. The van der Waals surface area contributed by atoms with Gasteiger partial charge in [0.25, 0.3) is 5.91 Å². The monoisotopic (exact) mass is 398 g/mol. The Hall–Kier alpha value is -3.03. The van der Waals surface area contributed by atoms with E-state index in [-0.39, 0.29) is 22.7 Å². The molecule has 0 bridgehead atoms. The molecule has 0 heterocycles. The van der Waals surface area contributed by atoms with Gasteiger partial charge in [0, 0.05) is 5.56 Å². The summed E-state index contributed by atoms with van der Waals surface area (Å²) in [5.74, 6) is 0.811. The molecule has 0 aliphatic carbocycles. The first kappa shape index (κ1) is 20.3. The lowest BCUT2D eigenvalue weighted by Gasteiger charge is -2.14. The number of rotatable bonds is 6. The Labute approximate surface area is 153 Å². The number of sulfonamides is 1. The van der Waals surface area contributed by atoms with E-state index in [1.54, 1.807) is 0 Å². The van der Waals surface area contributed by atoms with Gasteiger partial charge in [-0.2, -0.15) is 4.72 Å². The van der Waals surface area contributed by atoms with Crippen LogP contribution in [0.3, 0.4) is 0 Å². The molecule has 142 valence electrons. The molecule has 2 N–H and O–H groups in total. The van der Waals surface area contributed by atoms with Crippen molar-refractivity contribution < 1.29 is 31.1 Å². The number of halogens is 3. The molecule has 0 aromatic heterocycles. The normalized spacial score (nSPS) is 11.5. The highest BCUT2D eigenvalue weighted by atomic mass is 32.2. The van der Waals surface area contributed by atoms with Crippen molar-refractivity contribution in [1.29, 1.82) is 0 Å². The molecule has 10 heteroatoms. The Bertz CT molecular complexity index is 965. The number of anilines is 1. The third-order valence-corrected chi connectivity index (χ3v) is 4.57. The van der Waals surface area contributed by atoms with Crippen molar-refractivity contribution in [3.63, 3.8) is 0 Å². The standard InChI is InChI=1S/C17H13F3N2O4S/c1-2-11-21-27(24,25)13-9-7-12(8-10-13)16(23)22-14-5-3-4-6-15(14)26-17(18,19)20/h1,3-10,21H,11H2,(H,22,23). The lowest BCUT2D eigenvalue weighted by Crippen LogP contribution is -2.24. The topological polar surface area (TPSA) is 84.5 Å².